The second-order valence-corrected chi connectivity index (χ2v) is 6.40. The van der Waals surface area contributed by atoms with Crippen LogP contribution in [0.5, 0.6) is 0 Å². The standard InChI is InChI=1S/C15H33N3/c1-13(2)17-10-7-16(8-11-17)9-12-18(14(3)4)15(5)6/h13-15H,7-12H2,1-6H3. The Morgan fingerprint density at radius 2 is 1.33 bits per heavy atom. The Balaban J connectivity index is 2.28. The summed E-state index contributed by atoms with van der Waals surface area (Å²) in [5, 5.41) is 0. The van der Waals surface area contributed by atoms with E-state index in [1.165, 1.54) is 39.3 Å². The molecule has 108 valence electrons. The average Bonchev–Trinajstić information content (AvgIpc) is 2.28. The van der Waals surface area contributed by atoms with E-state index in [0.717, 1.165) is 0 Å². The van der Waals surface area contributed by atoms with Crippen molar-refractivity contribution < 1.29 is 0 Å². The van der Waals surface area contributed by atoms with Crippen molar-refractivity contribution in [1.29, 1.82) is 0 Å². The van der Waals surface area contributed by atoms with Gasteiger partial charge in [-0.05, 0) is 41.5 Å². The van der Waals surface area contributed by atoms with Crippen LogP contribution < -0.4 is 0 Å². The Morgan fingerprint density at radius 1 is 0.833 bits per heavy atom. The molecule has 1 fully saturated rings. The summed E-state index contributed by atoms with van der Waals surface area (Å²) in [6.45, 7) is 21.2. The molecule has 0 aromatic carbocycles. The SMILES string of the molecule is CC(C)N1CCN(CCN(C(C)C)C(C)C)CC1. The second-order valence-electron chi connectivity index (χ2n) is 6.40. The van der Waals surface area contributed by atoms with Gasteiger partial charge in [0.05, 0.1) is 0 Å². The van der Waals surface area contributed by atoms with Gasteiger partial charge < -0.3 is 0 Å². The third-order valence-corrected chi connectivity index (χ3v) is 4.14. The van der Waals surface area contributed by atoms with E-state index < -0.39 is 0 Å². The van der Waals surface area contributed by atoms with E-state index >= 15 is 0 Å². The maximum atomic E-state index is 2.62. The first-order valence-electron chi connectivity index (χ1n) is 7.64. The van der Waals surface area contributed by atoms with Crippen molar-refractivity contribution in [3.05, 3.63) is 0 Å². The fourth-order valence-corrected chi connectivity index (χ4v) is 2.87. The van der Waals surface area contributed by atoms with Gasteiger partial charge in [0, 0.05) is 57.4 Å². The van der Waals surface area contributed by atoms with Crippen molar-refractivity contribution in [2.45, 2.75) is 59.7 Å². The molecule has 0 aromatic rings. The van der Waals surface area contributed by atoms with Gasteiger partial charge in [0.15, 0.2) is 0 Å². The molecule has 18 heavy (non-hydrogen) atoms. The van der Waals surface area contributed by atoms with E-state index in [9.17, 15) is 0 Å². The predicted molar refractivity (Wildman–Crippen MR) is 80.1 cm³/mol. The van der Waals surface area contributed by atoms with Crippen LogP contribution in [0.3, 0.4) is 0 Å². The fourth-order valence-electron chi connectivity index (χ4n) is 2.87. The van der Waals surface area contributed by atoms with Gasteiger partial charge in [-0.2, -0.15) is 0 Å². The van der Waals surface area contributed by atoms with Crippen LogP contribution in [0.15, 0.2) is 0 Å². The summed E-state index contributed by atoms with van der Waals surface area (Å²) in [7, 11) is 0. The first-order valence-corrected chi connectivity index (χ1v) is 7.64. The summed E-state index contributed by atoms with van der Waals surface area (Å²) >= 11 is 0. The summed E-state index contributed by atoms with van der Waals surface area (Å²) in [6, 6.07) is 2.01. The van der Waals surface area contributed by atoms with E-state index in [1.807, 2.05) is 0 Å². The lowest BCUT2D eigenvalue weighted by molar-refractivity contribution is 0.0866. The fraction of sp³-hybridized carbons (Fsp3) is 1.00. The van der Waals surface area contributed by atoms with E-state index in [-0.39, 0.29) is 0 Å². The highest BCUT2D eigenvalue weighted by Gasteiger charge is 2.20. The van der Waals surface area contributed by atoms with Crippen LogP contribution >= 0.6 is 0 Å². The molecule has 1 saturated heterocycles. The molecule has 1 aliphatic rings. The molecule has 0 spiro atoms. The van der Waals surface area contributed by atoms with Crippen molar-refractivity contribution in [3.63, 3.8) is 0 Å². The highest BCUT2D eigenvalue weighted by Crippen LogP contribution is 2.08. The van der Waals surface area contributed by atoms with Gasteiger partial charge in [0.1, 0.15) is 0 Å². The third kappa shape index (κ3) is 4.87. The van der Waals surface area contributed by atoms with Crippen LogP contribution in [0, 0.1) is 0 Å². The minimum absolute atomic E-state index is 0.655. The summed E-state index contributed by atoms with van der Waals surface area (Å²) in [4.78, 5) is 7.80. The highest BCUT2D eigenvalue weighted by molar-refractivity contribution is 4.76. The molecule has 0 aromatic heterocycles. The molecular weight excluding hydrogens is 222 g/mol. The Hall–Kier alpha value is -0.120. The maximum Gasteiger partial charge on any atom is 0.0115 e. The molecule has 3 heteroatoms. The van der Waals surface area contributed by atoms with Crippen LogP contribution in [0.25, 0.3) is 0 Å². The zero-order chi connectivity index (χ0) is 13.7. The molecule has 1 rings (SSSR count). The lowest BCUT2D eigenvalue weighted by Crippen LogP contribution is -2.51. The van der Waals surface area contributed by atoms with Gasteiger partial charge in [0.25, 0.3) is 0 Å². The zero-order valence-electron chi connectivity index (χ0n) is 13.3. The molecule has 1 aliphatic heterocycles. The lowest BCUT2D eigenvalue weighted by Gasteiger charge is -2.39. The summed E-state index contributed by atoms with van der Waals surface area (Å²) in [5.74, 6) is 0. The Morgan fingerprint density at radius 3 is 1.72 bits per heavy atom. The van der Waals surface area contributed by atoms with Gasteiger partial charge >= 0.3 is 0 Å². The summed E-state index contributed by atoms with van der Waals surface area (Å²) in [6.07, 6.45) is 0. The molecule has 3 nitrogen and oxygen atoms in total. The summed E-state index contributed by atoms with van der Waals surface area (Å²) in [5.41, 5.74) is 0. The normalized spacial score (nSPS) is 19.7. The van der Waals surface area contributed by atoms with Crippen molar-refractivity contribution >= 4 is 0 Å². The quantitative estimate of drug-likeness (QED) is 0.720. The molecule has 0 atom stereocenters. The Bertz CT molecular complexity index is 210. The van der Waals surface area contributed by atoms with E-state index in [1.54, 1.807) is 0 Å². The molecule has 1 heterocycles. The smallest absolute Gasteiger partial charge is 0.0115 e. The van der Waals surface area contributed by atoms with Gasteiger partial charge in [-0.1, -0.05) is 0 Å². The molecule has 0 amide bonds. The third-order valence-electron chi connectivity index (χ3n) is 4.14. The second kappa shape index (κ2) is 7.46. The molecule has 0 N–H and O–H groups in total. The van der Waals surface area contributed by atoms with Crippen molar-refractivity contribution in [1.82, 2.24) is 14.7 Å². The Labute approximate surface area is 114 Å². The number of hydrogen-bond donors (Lipinski definition) is 0. The van der Waals surface area contributed by atoms with Crippen LogP contribution in [-0.2, 0) is 0 Å². The topological polar surface area (TPSA) is 9.72 Å². The van der Waals surface area contributed by atoms with E-state index in [4.69, 9.17) is 0 Å². The lowest BCUT2D eigenvalue weighted by atomic mass is 10.2. The van der Waals surface area contributed by atoms with E-state index in [0.29, 0.717) is 18.1 Å². The molecular formula is C15H33N3. The molecule has 0 radical (unpaired) electrons. The minimum atomic E-state index is 0.655. The highest BCUT2D eigenvalue weighted by atomic mass is 15.3. The maximum absolute atomic E-state index is 2.62. The molecule has 0 saturated carbocycles. The molecule has 0 unspecified atom stereocenters. The zero-order valence-corrected chi connectivity index (χ0v) is 13.3. The monoisotopic (exact) mass is 255 g/mol. The Kier molecular flexibility index (Phi) is 6.61. The first kappa shape index (κ1) is 15.9. The number of rotatable bonds is 6. The average molecular weight is 255 g/mol. The van der Waals surface area contributed by atoms with Crippen LogP contribution in [-0.4, -0.2) is 72.1 Å². The minimum Gasteiger partial charge on any atom is -0.300 e. The van der Waals surface area contributed by atoms with Crippen molar-refractivity contribution in [2.75, 3.05) is 39.3 Å². The van der Waals surface area contributed by atoms with Gasteiger partial charge in [-0.15, -0.1) is 0 Å². The largest absolute Gasteiger partial charge is 0.300 e. The molecule has 0 bridgehead atoms. The van der Waals surface area contributed by atoms with Gasteiger partial charge in [0.2, 0.25) is 0 Å². The van der Waals surface area contributed by atoms with Crippen molar-refractivity contribution in [2.24, 2.45) is 0 Å². The van der Waals surface area contributed by atoms with Crippen LogP contribution in [0.4, 0.5) is 0 Å². The van der Waals surface area contributed by atoms with E-state index in [2.05, 4.69) is 56.2 Å². The number of hydrogen-bond acceptors (Lipinski definition) is 3. The predicted octanol–water partition coefficient (Wildman–Crippen LogP) is 2.13. The number of nitrogens with zero attached hydrogens (tertiary/aromatic N) is 3. The summed E-state index contributed by atoms with van der Waals surface area (Å²) < 4.78 is 0. The molecule has 0 aliphatic carbocycles. The van der Waals surface area contributed by atoms with Gasteiger partial charge in [-0.3, -0.25) is 14.7 Å². The van der Waals surface area contributed by atoms with Gasteiger partial charge in [-0.25, -0.2) is 0 Å². The first-order chi connectivity index (χ1) is 8.41. The van der Waals surface area contributed by atoms with Crippen LogP contribution in [0.2, 0.25) is 0 Å². The van der Waals surface area contributed by atoms with Crippen molar-refractivity contribution in [3.8, 4) is 0 Å². The number of piperazine rings is 1. The van der Waals surface area contributed by atoms with Crippen LogP contribution in [0.1, 0.15) is 41.5 Å².